The standard InChI is InChI=1S/C6H16OSSi/c1-4-9(5-2,6-3)8-7/h7H,4-6H2,1-3H3. The molecule has 0 atom stereocenters. The molecule has 56 valence electrons. The van der Waals surface area contributed by atoms with Crippen molar-refractivity contribution >= 4 is 18.7 Å². The van der Waals surface area contributed by atoms with Gasteiger partial charge in [-0.3, -0.25) is 0 Å². The first kappa shape index (κ1) is 9.53. The van der Waals surface area contributed by atoms with Gasteiger partial charge in [-0.05, 0) is 29.6 Å². The molecule has 0 aliphatic rings. The molecule has 0 spiro atoms. The van der Waals surface area contributed by atoms with Crippen LogP contribution in [-0.2, 0) is 0 Å². The zero-order valence-corrected chi connectivity index (χ0v) is 8.29. The highest BCUT2D eigenvalue weighted by molar-refractivity contribution is 8.24. The van der Waals surface area contributed by atoms with Crippen molar-refractivity contribution in [1.29, 1.82) is 0 Å². The Morgan fingerprint density at radius 2 is 1.44 bits per heavy atom. The lowest BCUT2D eigenvalue weighted by Crippen LogP contribution is -2.26. The summed E-state index contributed by atoms with van der Waals surface area (Å²) in [5.41, 5.74) is 0. The normalized spacial score (nSPS) is 12.0. The van der Waals surface area contributed by atoms with Gasteiger partial charge >= 0.3 is 0 Å². The van der Waals surface area contributed by atoms with E-state index in [1.54, 1.807) is 0 Å². The first-order valence-electron chi connectivity index (χ1n) is 3.57. The molecule has 0 amide bonds. The quantitative estimate of drug-likeness (QED) is 0.508. The van der Waals surface area contributed by atoms with E-state index in [0.717, 1.165) is 11.5 Å². The summed E-state index contributed by atoms with van der Waals surface area (Å²) in [5.74, 6) is 0. The van der Waals surface area contributed by atoms with Crippen LogP contribution in [0, 0.1) is 0 Å². The Morgan fingerprint density at radius 3 is 1.44 bits per heavy atom. The maximum absolute atomic E-state index is 8.95. The highest BCUT2D eigenvalue weighted by Gasteiger charge is 2.27. The minimum Gasteiger partial charge on any atom is -0.337 e. The lowest BCUT2D eigenvalue weighted by Gasteiger charge is -2.22. The molecular weight excluding hydrogens is 148 g/mol. The molecule has 0 heterocycles. The maximum Gasteiger partial charge on any atom is 0.151 e. The molecule has 0 bridgehead atoms. The van der Waals surface area contributed by atoms with Crippen molar-refractivity contribution in [3.8, 4) is 0 Å². The SMILES string of the molecule is CC[Si](CC)(CC)SO. The van der Waals surface area contributed by atoms with E-state index in [9.17, 15) is 0 Å². The molecule has 0 fully saturated rings. The highest BCUT2D eigenvalue weighted by atomic mass is 32.4. The summed E-state index contributed by atoms with van der Waals surface area (Å²) in [7, 11) is -1.22. The van der Waals surface area contributed by atoms with Crippen molar-refractivity contribution in [3.05, 3.63) is 0 Å². The predicted molar refractivity (Wildman–Crippen MR) is 47.4 cm³/mol. The van der Waals surface area contributed by atoms with E-state index in [0.29, 0.717) is 0 Å². The van der Waals surface area contributed by atoms with Gasteiger partial charge in [0.05, 0.1) is 0 Å². The van der Waals surface area contributed by atoms with Gasteiger partial charge < -0.3 is 4.55 Å². The molecule has 0 radical (unpaired) electrons. The molecule has 9 heavy (non-hydrogen) atoms. The third kappa shape index (κ3) is 2.31. The van der Waals surface area contributed by atoms with E-state index >= 15 is 0 Å². The second-order valence-electron chi connectivity index (χ2n) is 2.33. The van der Waals surface area contributed by atoms with Crippen LogP contribution in [0.3, 0.4) is 0 Å². The Labute approximate surface area is 62.7 Å². The van der Waals surface area contributed by atoms with Crippen LogP contribution in [0.2, 0.25) is 18.1 Å². The highest BCUT2D eigenvalue weighted by Crippen LogP contribution is 2.29. The topological polar surface area (TPSA) is 20.2 Å². The Bertz CT molecular complexity index is 55.9. The Kier molecular flexibility index (Phi) is 4.61. The van der Waals surface area contributed by atoms with Crippen molar-refractivity contribution in [3.63, 3.8) is 0 Å². The smallest absolute Gasteiger partial charge is 0.151 e. The molecule has 3 heteroatoms. The van der Waals surface area contributed by atoms with E-state index in [2.05, 4.69) is 20.8 Å². The summed E-state index contributed by atoms with van der Waals surface area (Å²) < 4.78 is 8.95. The van der Waals surface area contributed by atoms with E-state index < -0.39 is 7.22 Å². The fraction of sp³-hybridized carbons (Fsp3) is 1.00. The number of hydrogen-bond acceptors (Lipinski definition) is 2. The molecule has 0 unspecified atom stereocenters. The number of hydrogen-bond donors (Lipinski definition) is 1. The Balaban J connectivity index is 3.82. The molecule has 0 aliphatic heterocycles. The first-order valence-corrected chi connectivity index (χ1v) is 7.69. The van der Waals surface area contributed by atoms with Crippen molar-refractivity contribution < 1.29 is 4.55 Å². The van der Waals surface area contributed by atoms with Crippen molar-refractivity contribution in [2.24, 2.45) is 0 Å². The monoisotopic (exact) mass is 164 g/mol. The summed E-state index contributed by atoms with van der Waals surface area (Å²) in [6.07, 6.45) is 0. The second kappa shape index (κ2) is 4.36. The van der Waals surface area contributed by atoms with Gasteiger partial charge in [0.1, 0.15) is 0 Å². The van der Waals surface area contributed by atoms with Crippen molar-refractivity contribution in [2.75, 3.05) is 0 Å². The van der Waals surface area contributed by atoms with Gasteiger partial charge in [-0.25, -0.2) is 0 Å². The molecule has 1 nitrogen and oxygen atoms in total. The average molecular weight is 164 g/mol. The molecule has 0 aromatic heterocycles. The molecule has 0 aliphatic carbocycles. The van der Waals surface area contributed by atoms with Crippen molar-refractivity contribution in [2.45, 2.75) is 38.9 Å². The first-order chi connectivity index (χ1) is 4.24. The summed E-state index contributed by atoms with van der Waals surface area (Å²) in [4.78, 5) is 0. The predicted octanol–water partition coefficient (Wildman–Crippen LogP) is 3.20. The van der Waals surface area contributed by atoms with E-state index in [1.165, 1.54) is 18.1 Å². The maximum atomic E-state index is 8.95. The fourth-order valence-electron chi connectivity index (χ4n) is 0.944. The summed E-state index contributed by atoms with van der Waals surface area (Å²) in [6.45, 7) is 6.55. The third-order valence-corrected chi connectivity index (χ3v) is 10.1. The average Bonchev–Trinajstić information content (AvgIpc) is 1.95. The Morgan fingerprint density at radius 1 is 1.11 bits per heavy atom. The van der Waals surface area contributed by atoms with Crippen molar-refractivity contribution in [1.82, 2.24) is 0 Å². The molecule has 1 N–H and O–H groups in total. The van der Waals surface area contributed by atoms with Crippen LogP contribution in [0.1, 0.15) is 20.8 Å². The van der Waals surface area contributed by atoms with Crippen LogP contribution in [-0.4, -0.2) is 11.8 Å². The van der Waals surface area contributed by atoms with Crippen LogP contribution >= 0.6 is 11.5 Å². The van der Waals surface area contributed by atoms with Gasteiger partial charge in [0, 0.05) is 0 Å². The zero-order chi connectivity index (χ0) is 7.33. The Hall–Kier alpha value is 0.527. The van der Waals surface area contributed by atoms with Crippen LogP contribution < -0.4 is 0 Å². The molecule has 0 aromatic rings. The molecule has 0 rings (SSSR count). The van der Waals surface area contributed by atoms with E-state index in [4.69, 9.17) is 4.55 Å². The minimum absolute atomic E-state index is 1.16. The summed E-state index contributed by atoms with van der Waals surface area (Å²) in [5, 5.41) is 0. The van der Waals surface area contributed by atoms with Crippen LogP contribution in [0.15, 0.2) is 0 Å². The second-order valence-corrected chi connectivity index (χ2v) is 10.2. The largest absolute Gasteiger partial charge is 0.337 e. The lowest BCUT2D eigenvalue weighted by atomic mass is 10.9. The van der Waals surface area contributed by atoms with Crippen LogP contribution in [0.25, 0.3) is 0 Å². The van der Waals surface area contributed by atoms with Crippen LogP contribution in [0.5, 0.6) is 0 Å². The zero-order valence-electron chi connectivity index (χ0n) is 6.48. The van der Waals surface area contributed by atoms with Gasteiger partial charge in [-0.2, -0.15) is 0 Å². The summed E-state index contributed by atoms with van der Waals surface area (Å²) >= 11 is 1.16. The molecule has 0 saturated heterocycles. The van der Waals surface area contributed by atoms with Gasteiger partial charge in [-0.1, -0.05) is 20.8 Å². The molecular formula is C6H16OSSi. The molecule has 0 saturated carbocycles. The minimum atomic E-state index is -1.22. The van der Waals surface area contributed by atoms with E-state index in [-0.39, 0.29) is 0 Å². The third-order valence-electron chi connectivity index (χ3n) is 2.13. The van der Waals surface area contributed by atoms with E-state index in [1.807, 2.05) is 0 Å². The lowest BCUT2D eigenvalue weighted by molar-refractivity contribution is 0.672. The fourth-order valence-corrected chi connectivity index (χ4v) is 3.99. The molecule has 0 aromatic carbocycles. The van der Waals surface area contributed by atoms with Gasteiger partial charge in [0.15, 0.2) is 7.22 Å². The van der Waals surface area contributed by atoms with Gasteiger partial charge in [0.25, 0.3) is 0 Å². The van der Waals surface area contributed by atoms with Crippen LogP contribution in [0.4, 0.5) is 0 Å². The van der Waals surface area contributed by atoms with Gasteiger partial charge in [0.2, 0.25) is 0 Å². The summed E-state index contributed by atoms with van der Waals surface area (Å²) in [6, 6.07) is 3.59. The number of rotatable bonds is 4. The van der Waals surface area contributed by atoms with Gasteiger partial charge in [-0.15, -0.1) is 0 Å².